The number of carbonyl (C=O) groups excluding carboxylic acids is 4. The van der Waals surface area contributed by atoms with E-state index in [4.69, 9.17) is 9.47 Å². The SMILES string of the molecule is CCC(COC(C)(C)CCNC(=O)CCN1C(=O)C=CC1=O)CC(=O)NCCC(C)CCOCCC(C)(C)n1cc(Cn2c([Si](F)(C(C)(C)C)C(C)(C)C)cc3ccc[nH+]c32)nn1. The predicted octanol–water partition coefficient (Wildman–Crippen LogP) is 6.52. The molecule has 0 fully saturated rings. The molecule has 4 heterocycles. The van der Waals surface area contributed by atoms with E-state index >= 15 is 4.11 Å². The summed E-state index contributed by atoms with van der Waals surface area (Å²) in [6, 6.07) is 6.01. The van der Waals surface area contributed by atoms with Crippen LogP contribution in [0.4, 0.5) is 4.11 Å². The molecule has 63 heavy (non-hydrogen) atoms. The Bertz CT molecular complexity index is 2020. The molecule has 2 unspecified atom stereocenters. The molecule has 0 bridgehead atoms. The van der Waals surface area contributed by atoms with Crippen molar-refractivity contribution in [1.29, 1.82) is 0 Å². The van der Waals surface area contributed by atoms with Crippen LogP contribution in [0.1, 0.15) is 134 Å². The Kier molecular flexibility index (Phi) is 17.6. The normalized spacial score (nSPS) is 15.1. The highest BCUT2D eigenvalue weighted by Crippen LogP contribution is 2.51. The Labute approximate surface area is 375 Å². The second-order valence-corrected chi connectivity index (χ2v) is 25.5. The lowest BCUT2D eigenvalue weighted by Crippen LogP contribution is -2.60. The summed E-state index contributed by atoms with van der Waals surface area (Å²) in [4.78, 5) is 52.8. The quantitative estimate of drug-likeness (QED) is 0.0420. The van der Waals surface area contributed by atoms with Crippen LogP contribution >= 0.6 is 0 Å². The Morgan fingerprint density at radius 1 is 0.921 bits per heavy atom. The van der Waals surface area contributed by atoms with Crippen LogP contribution in [-0.4, -0.2) is 102 Å². The van der Waals surface area contributed by atoms with Crippen LogP contribution in [0.2, 0.25) is 10.1 Å². The molecular formula is C47H76FN8O6Si+. The Morgan fingerprint density at radius 2 is 1.59 bits per heavy atom. The standard InChI is InChI=1S/C47H75FN8O6Si/c1-13-35(33-62-47(11,12)21-25-50-38(57)19-26-54-40(59)16-17-41(54)60)29-39(58)49-24-18-34(2)20-27-61-28-22-46(9,10)56-32-37(52-53-56)31-55-42(30-36-15-14-23-51-43(36)55)63(48,44(3,4)5)45(6,7)8/h14-17,23,30,32,34-35H,13,18-22,24-29,31,33H2,1-12H3,(H,49,58)(H,50,57)/p+1. The average Bonchev–Trinajstić information content (AvgIpc) is 3.91. The summed E-state index contributed by atoms with van der Waals surface area (Å²) in [6.45, 7) is 27.6. The lowest BCUT2D eigenvalue weighted by Gasteiger charge is -2.43. The molecule has 2 atom stereocenters. The van der Waals surface area contributed by atoms with Crippen LogP contribution in [0.3, 0.4) is 0 Å². The molecule has 0 saturated carbocycles. The highest BCUT2D eigenvalue weighted by atomic mass is 28.4. The largest absolute Gasteiger partial charge is 0.381 e. The molecule has 1 aliphatic rings. The lowest BCUT2D eigenvalue weighted by atomic mass is 10.0. The Hall–Kier alpha value is -4.28. The Balaban J connectivity index is 1.14. The predicted molar refractivity (Wildman–Crippen MR) is 246 cm³/mol. The van der Waals surface area contributed by atoms with Gasteiger partial charge in [-0.15, -0.1) is 5.10 Å². The number of ether oxygens (including phenoxy) is 2. The molecule has 0 radical (unpaired) electrons. The topological polar surface area (TPSA) is 164 Å². The zero-order valence-corrected chi connectivity index (χ0v) is 41.2. The van der Waals surface area contributed by atoms with Gasteiger partial charge in [0.1, 0.15) is 17.6 Å². The minimum atomic E-state index is -3.59. The number of H-pyrrole nitrogens is 1. The van der Waals surface area contributed by atoms with Gasteiger partial charge in [0.2, 0.25) is 11.8 Å². The average molecular weight is 896 g/mol. The van der Waals surface area contributed by atoms with Gasteiger partial charge in [0.25, 0.3) is 17.5 Å². The molecular weight excluding hydrogens is 820 g/mol. The van der Waals surface area contributed by atoms with E-state index in [1.54, 1.807) is 0 Å². The molecule has 0 saturated heterocycles. The summed E-state index contributed by atoms with van der Waals surface area (Å²) in [6.07, 6.45) is 10.5. The van der Waals surface area contributed by atoms with Gasteiger partial charge in [0.05, 0.1) is 35.5 Å². The van der Waals surface area contributed by atoms with Crippen molar-refractivity contribution in [2.24, 2.45) is 11.8 Å². The van der Waals surface area contributed by atoms with Crippen molar-refractivity contribution in [3.8, 4) is 0 Å². The second kappa shape index (κ2) is 21.6. The van der Waals surface area contributed by atoms with E-state index in [0.717, 1.165) is 52.6 Å². The minimum absolute atomic E-state index is 0.00955. The number of hydrogen-bond donors (Lipinski definition) is 2. The van der Waals surface area contributed by atoms with Crippen molar-refractivity contribution in [3.05, 3.63) is 48.4 Å². The van der Waals surface area contributed by atoms with Crippen LogP contribution in [-0.2, 0) is 40.7 Å². The molecule has 0 aromatic carbocycles. The number of pyridine rings is 1. The van der Waals surface area contributed by atoms with Crippen LogP contribution in [0, 0.1) is 11.8 Å². The maximum Gasteiger partial charge on any atom is 0.330 e. The molecule has 0 spiro atoms. The van der Waals surface area contributed by atoms with Crippen LogP contribution in [0.15, 0.2) is 42.7 Å². The van der Waals surface area contributed by atoms with Gasteiger partial charge in [-0.1, -0.05) is 67.0 Å². The van der Waals surface area contributed by atoms with Gasteiger partial charge in [0.15, 0.2) is 0 Å². The maximum atomic E-state index is 17.7. The zero-order chi connectivity index (χ0) is 46.8. The van der Waals surface area contributed by atoms with E-state index in [0.29, 0.717) is 58.2 Å². The van der Waals surface area contributed by atoms with Crippen molar-refractivity contribution in [3.63, 3.8) is 0 Å². The van der Waals surface area contributed by atoms with Gasteiger partial charge in [-0.05, 0) is 93.5 Å². The highest BCUT2D eigenvalue weighted by Gasteiger charge is 2.61. The monoisotopic (exact) mass is 896 g/mol. The van der Waals surface area contributed by atoms with Crippen molar-refractivity contribution in [2.75, 3.05) is 39.5 Å². The van der Waals surface area contributed by atoms with E-state index in [1.807, 2.05) is 97.6 Å². The molecule has 3 N–H and O–H groups in total. The van der Waals surface area contributed by atoms with Gasteiger partial charge in [-0.25, -0.2) is 14.2 Å². The maximum absolute atomic E-state index is 17.7. The molecule has 350 valence electrons. The molecule has 4 amide bonds. The molecule has 4 rings (SSSR count). The summed E-state index contributed by atoms with van der Waals surface area (Å²) in [5.41, 5.74) is 0.788. The summed E-state index contributed by atoms with van der Waals surface area (Å²) >= 11 is 0. The van der Waals surface area contributed by atoms with Crippen molar-refractivity contribution < 1.29 is 37.7 Å². The van der Waals surface area contributed by atoms with Gasteiger partial charge in [-0.3, -0.25) is 24.1 Å². The van der Waals surface area contributed by atoms with Gasteiger partial charge in [-0.2, -0.15) is 0 Å². The van der Waals surface area contributed by atoms with Gasteiger partial charge in [0, 0.05) is 57.8 Å². The number of amides is 4. The van der Waals surface area contributed by atoms with Crippen molar-refractivity contribution in [2.45, 2.75) is 156 Å². The number of carbonyl (C=O) groups is 4. The number of halogens is 1. The van der Waals surface area contributed by atoms with E-state index < -0.39 is 35.9 Å². The fourth-order valence-electron chi connectivity index (χ4n) is 8.26. The number of aromatic nitrogens is 5. The molecule has 0 aliphatic carbocycles. The summed E-state index contributed by atoms with van der Waals surface area (Å²) in [7, 11) is -3.59. The van der Waals surface area contributed by atoms with E-state index in [1.165, 1.54) is 12.2 Å². The van der Waals surface area contributed by atoms with Crippen molar-refractivity contribution in [1.82, 2.24) is 35.1 Å². The smallest absolute Gasteiger partial charge is 0.330 e. The molecule has 3 aromatic rings. The molecule has 3 aromatic heterocycles. The number of imide groups is 1. The van der Waals surface area contributed by atoms with Crippen molar-refractivity contribution >= 4 is 48.4 Å². The number of aromatic amines is 1. The number of fused-ring (bicyclic) bond motifs is 1. The first-order valence-corrected chi connectivity index (χ1v) is 24.7. The van der Waals surface area contributed by atoms with Gasteiger partial charge < -0.3 is 24.2 Å². The van der Waals surface area contributed by atoms with Crippen LogP contribution in [0.25, 0.3) is 11.0 Å². The third-order valence-electron chi connectivity index (χ3n) is 12.5. The molecule has 14 nitrogen and oxygen atoms in total. The Morgan fingerprint density at radius 3 is 2.24 bits per heavy atom. The molecule has 1 aliphatic heterocycles. The fraction of sp³-hybridized carbons (Fsp3) is 0.681. The first kappa shape index (κ1) is 51.4. The van der Waals surface area contributed by atoms with Crippen LogP contribution in [0.5, 0.6) is 0 Å². The third-order valence-corrected chi connectivity index (χ3v) is 17.7. The summed E-state index contributed by atoms with van der Waals surface area (Å²) in [5.74, 6) is -0.580. The third kappa shape index (κ3) is 13.9. The molecule has 16 heteroatoms. The van der Waals surface area contributed by atoms with E-state index in [-0.39, 0.29) is 36.2 Å². The zero-order valence-electron chi connectivity index (χ0n) is 40.2. The van der Waals surface area contributed by atoms with Crippen LogP contribution < -0.4 is 20.9 Å². The van der Waals surface area contributed by atoms with E-state index in [2.05, 4.69) is 51.3 Å². The summed E-state index contributed by atoms with van der Waals surface area (Å²) in [5, 5.41) is 15.7. The first-order chi connectivity index (χ1) is 29.4. The lowest BCUT2D eigenvalue weighted by molar-refractivity contribution is -0.349. The number of hydrogen-bond acceptors (Lipinski definition) is 8. The highest BCUT2D eigenvalue weighted by molar-refractivity contribution is 6.90. The van der Waals surface area contributed by atoms with E-state index in [9.17, 15) is 19.2 Å². The minimum Gasteiger partial charge on any atom is -0.381 e. The number of nitrogens with zero attached hydrogens (tertiary/aromatic N) is 5. The first-order valence-electron chi connectivity index (χ1n) is 22.8. The second-order valence-electron chi connectivity index (χ2n) is 20.7. The number of nitrogens with one attached hydrogen (secondary N) is 3. The summed E-state index contributed by atoms with van der Waals surface area (Å²) < 4.78 is 33.9. The van der Waals surface area contributed by atoms with Gasteiger partial charge >= 0.3 is 8.41 Å². The fourth-order valence-corrected chi connectivity index (χ4v) is 13.0. The number of rotatable bonds is 25.